The highest BCUT2D eigenvalue weighted by atomic mass is 35.5. The molecule has 0 atom stereocenters. The summed E-state index contributed by atoms with van der Waals surface area (Å²) in [5.74, 6) is 0.887. The minimum atomic E-state index is -0.714. The van der Waals surface area contributed by atoms with Gasteiger partial charge in [0.25, 0.3) is 0 Å². The lowest BCUT2D eigenvalue weighted by molar-refractivity contribution is 0.268. The van der Waals surface area contributed by atoms with E-state index in [1.807, 2.05) is 24.3 Å². The second-order valence-electron chi connectivity index (χ2n) is 6.29. The minimum absolute atomic E-state index is 0.121. The Labute approximate surface area is 172 Å². The zero-order chi connectivity index (χ0) is 20.8. The van der Waals surface area contributed by atoms with E-state index in [1.165, 1.54) is 4.57 Å². The number of aromatic nitrogens is 3. The molecule has 0 spiro atoms. The lowest BCUT2D eigenvalue weighted by atomic mass is 10.2. The maximum absolute atomic E-state index is 12.9. The van der Waals surface area contributed by atoms with E-state index in [2.05, 4.69) is 10.3 Å². The number of rotatable bonds is 8. The van der Waals surface area contributed by atoms with E-state index in [-0.39, 0.29) is 25.6 Å². The third kappa shape index (κ3) is 5.04. The number of aliphatic hydroxyl groups excluding tert-OH is 1. The fourth-order valence-corrected chi connectivity index (χ4v) is 2.92. The lowest BCUT2D eigenvalue weighted by Gasteiger charge is -2.15. The summed E-state index contributed by atoms with van der Waals surface area (Å²) in [7, 11) is 1.59. The molecule has 2 N–H and O–H groups in total. The number of ether oxygens (including phenoxy) is 1. The quantitative estimate of drug-likeness (QED) is 0.580. The molecule has 1 aromatic heterocycles. The summed E-state index contributed by atoms with van der Waals surface area (Å²) < 4.78 is 7.42. The van der Waals surface area contributed by atoms with Gasteiger partial charge in [0.05, 0.1) is 26.8 Å². The second kappa shape index (κ2) is 9.40. The summed E-state index contributed by atoms with van der Waals surface area (Å²) in [5, 5.41) is 12.8. The van der Waals surface area contributed by atoms with Crippen LogP contribution in [-0.2, 0) is 19.6 Å². The van der Waals surface area contributed by atoms with Crippen LogP contribution in [0.3, 0.4) is 0 Å². The summed E-state index contributed by atoms with van der Waals surface area (Å²) >= 11 is 5.93. The number of hydrogen-bond donors (Lipinski definition) is 2. The highest BCUT2D eigenvalue weighted by Gasteiger charge is 2.13. The molecule has 1 heterocycles. The van der Waals surface area contributed by atoms with E-state index in [4.69, 9.17) is 21.4 Å². The van der Waals surface area contributed by atoms with Gasteiger partial charge in [0.15, 0.2) is 0 Å². The number of hydrogen-bond acceptors (Lipinski definition) is 6. The summed E-state index contributed by atoms with van der Waals surface area (Å²) in [4.78, 5) is 29.1. The van der Waals surface area contributed by atoms with Crippen LogP contribution in [0.15, 0.2) is 58.1 Å². The zero-order valence-electron chi connectivity index (χ0n) is 15.8. The predicted molar refractivity (Wildman–Crippen MR) is 111 cm³/mol. The van der Waals surface area contributed by atoms with E-state index in [9.17, 15) is 9.59 Å². The number of halogens is 1. The van der Waals surface area contributed by atoms with Crippen molar-refractivity contribution in [2.24, 2.45) is 0 Å². The number of methoxy groups -OCH3 is 1. The molecule has 0 saturated carbocycles. The molecule has 0 saturated heterocycles. The van der Waals surface area contributed by atoms with Crippen LogP contribution in [0, 0.1) is 0 Å². The second-order valence-corrected chi connectivity index (χ2v) is 6.73. The Kier molecular flexibility index (Phi) is 6.69. The molecule has 0 aliphatic rings. The molecule has 8 nitrogen and oxygen atoms in total. The van der Waals surface area contributed by atoms with E-state index in [0.717, 1.165) is 21.4 Å². The van der Waals surface area contributed by atoms with Crippen LogP contribution in [0.2, 0.25) is 5.02 Å². The third-order valence-electron chi connectivity index (χ3n) is 4.34. The number of aliphatic hydroxyl groups is 1. The van der Waals surface area contributed by atoms with Crippen LogP contribution in [-0.4, -0.2) is 32.9 Å². The first kappa shape index (κ1) is 20.6. The van der Waals surface area contributed by atoms with Crippen molar-refractivity contribution in [1.29, 1.82) is 0 Å². The van der Waals surface area contributed by atoms with Crippen molar-refractivity contribution in [3.05, 3.63) is 85.6 Å². The first-order valence-corrected chi connectivity index (χ1v) is 9.33. The molecule has 0 aliphatic carbocycles. The average molecular weight is 417 g/mol. The van der Waals surface area contributed by atoms with E-state index >= 15 is 0 Å². The van der Waals surface area contributed by atoms with Gasteiger partial charge in [-0.25, -0.2) is 14.2 Å². The summed E-state index contributed by atoms with van der Waals surface area (Å²) in [6, 6.07) is 14.4. The van der Waals surface area contributed by atoms with Gasteiger partial charge in [-0.2, -0.15) is 4.98 Å². The van der Waals surface area contributed by atoms with Gasteiger partial charge in [-0.15, -0.1) is 0 Å². The standard InChI is InChI=1S/C20H21ClN4O4/c1-29-17-8-4-14(5-9-17)12-22-18-23-19(27)24(10-11-26)20(28)25(18)13-15-2-6-16(21)7-3-15/h2-9,26H,10-13H2,1H3,(H,22,23,27). The largest absolute Gasteiger partial charge is 0.497 e. The first-order valence-electron chi connectivity index (χ1n) is 8.95. The molecule has 2 aromatic carbocycles. The Balaban J connectivity index is 1.93. The first-order chi connectivity index (χ1) is 14.0. The highest BCUT2D eigenvalue weighted by Crippen LogP contribution is 2.14. The van der Waals surface area contributed by atoms with Crippen LogP contribution < -0.4 is 21.4 Å². The molecule has 0 fully saturated rings. The van der Waals surface area contributed by atoms with Crippen molar-refractivity contribution in [2.75, 3.05) is 19.0 Å². The van der Waals surface area contributed by atoms with Crippen molar-refractivity contribution < 1.29 is 9.84 Å². The Morgan fingerprint density at radius 1 is 1.03 bits per heavy atom. The predicted octanol–water partition coefficient (Wildman–Crippen LogP) is 1.72. The Morgan fingerprint density at radius 3 is 2.31 bits per heavy atom. The maximum Gasteiger partial charge on any atom is 0.355 e. The molecule has 9 heteroatoms. The summed E-state index contributed by atoms with van der Waals surface area (Å²) in [5.41, 5.74) is 0.484. The lowest BCUT2D eigenvalue weighted by Crippen LogP contribution is -2.43. The van der Waals surface area contributed by atoms with Gasteiger partial charge in [-0.05, 0) is 35.4 Å². The van der Waals surface area contributed by atoms with Crippen molar-refractivity contribution in [3.63, 3.8) is 0 Å². The molecule has 0 unspecified atom stereocenters. The number of anilines is 1. The Morgan fingerprint density at radius 2 is 1.69 bits per heavy atom. The van der Waals surface area contributed by atoms with Gasteiger partial charge in [-0.1, -0.05) is 35.9 Å². The van der Waals surface area contributed by atoms with Crippen LogP contribution in [0.1, 0.15) is 11.1 Å². The van der Waals surface area contributed by atoms with E-state index in [1.54, 1.807) is 31.4 Å². The zero-order valence-corrected chi connectivity index (χ0v) is 16.6. The van der Waals surface area contributed by atoms with Gasteiger partial charge < -0.3 is 15.2 Å². The van der Waals surface area contributed by atoms with Crippen LogP contribution in [0.4, 0.5) is 5.95 Å². The van der Waals surface area contributed by atoms with Gasteiger partial charge >= 0.3 is 11.4 Å². The summed E-state index contributed by atoms with van der Waals surface area (Å²) in [6.45, 7) is 0.0978. The van der Waals surface area contributed by atoms with Crippen molar-refractivity contribution in [1.82, 2.24) is 14.1 Å². The highest BCUT2D eigenvalue weighted by molar-refractivity contribution is 6.30. The third-order valence-corrected chi connectivity index (χ3v) is 4.59. The van der Waals surface area contributed by atoms with Gasteiger partial charge in [0.2, 0.25) is 5.95 Å². The number of nitrogens with zero attached hydrogens (tertiary/aromatic N) is 3. The fourth-order valence-electron chi connectivity index (χ4n) is 2.80. The fraction of sp³-hybridized carbons (Fsp3) is 0.250. The van der Waals surface area contributed by atoms with Crippen molar-refractivity contribution in [2.45, 2.75) is 19.6 Å². The van der Waals surface area contributed by atoms with Crippen LogP contribution in [0.5, 0.6) is 5.75 Å². The number of nitrogens with one attached hydrogen (secondary N) is 1. The molecule has 0 radical (unpaired) electrons. The van der Waals surface area contributed by atoms with Gasteiger partial charge in [0, 0.05) is 11.6 Å². The molecular weight excluding hydrogens is 396 g/mol. The molecule has 0 aliphatic heterocycles. The molecule has 152 valence electrons. The molecule has 0 amide bonds. The van der Waals surface area contributed by atoms with Crippen LogP contribution >= 0.6 is 11.6 Å². The minimum Gasteiger partial charge on any atom is -0.497 e. The molecule has 3 aromatic rings. The van der Waals surface area contributed by atoms with E-state index < -0.39 is 11.4 Å². The maximum atomic E-state index is 12.9. The van der Waals surface area contributed by atoms with Gasteiger partial charge in [0.1, 0.15) is 5.75 Å². The molecule has 29 heavy (non-hydrogen) atoms. The SMILES string of the molecule is COc1ccc(CNc2nc(=O)n(CCO)c(=O)n2Cc2ccc(Cl)cc2)cc1. The van der Waals surface area contributed by atoms with Gasteiger partial charge in [-0.3, -0.25) is 4.57 Å². The van der Waals surface area contributed by atoms with Crippen molar-refractivity contribution >= 4 is 17.5 Å². The monoisotopic (exact) mass is 416 g/mol. The molecule has 0 bridgehead atoms. The Bertz CT molecular complexity index is 1080. The average Bonchev–Trinajstić information content (AvgIpc) is 2.73. The summed E-state index contributed by atoms with van der Waals surface area (Å²) in [6.07, 6.45) is 0. The number of benzene rings is 2. The Hall–Kier alpha value is -3.10. The molecule has 3 rings (SSSR count). The topological polar surface area (TPSA) is 98.4 Å². The normalized spacial score (nSPS) is 10.7. The van der Waals surface area contributed by atoms with E-state index in [0.29, 0.717) is 11.6 Å². The van der Waals surface area contributed by atoms with Crippen LogP contribution in [0.25, 0.3) is 0 Å². The smallest absolute Gasteiger partial charge is 0.355 e. The van der Waals surface area contributed by atoms with Crippen molar-refractivity contribution in [3.8, 4) is 5.75 Å². The molecular formula is C20H21ClN4O4.